The van der Waals surface area contributed by atoms with E-state index in [9.17, 15) is 24.0 Å². The van der Waals surface area contributed by atoms with Crippen molar-refractivity contribution < 1.29 is 57.1 Å². The highest BCUT2D eigenvalue weighted by Crippen LogP contribution is 2.62. The van der Waals surface area contributed by atoms with Gasteiger partial charge in [0.25, 0.3) is 0 Å². The Morgan fingerprint density at radius 1 is 0.880 bits per heavy atom. The van der Waals surface area contributed by atoms with Crippen molar-refractivity contribution in [2.75, 3.05) is 13.2 Å². The van der Waals surface area contributed by atoms with Crippen LogP contribution in [-0.4, -0.2) is 79.9 Å². The summed E-state index contributed by atoms with van der Waals surface area (Å²) in [4.78, 5) is 61.2. The van der Waals surface area contributed by atoms with E-state index < -0.39 is 66.1 Å². The monoisotopic (exact) mass is 706 g/mol. The number of rotatable bonds is 13. The number of hydrogen-bond donors (Lipinski definition) is 0. The largest absolute Gasteiger partial charge is 0.466 e. The number of carbonyl (C=O) groups is 5. The summed E-state index contributed by atoms with van der Waals surface area (Å²) in [6, 6.07) is 0. The Bertz CT molecular complexity index is 1320. The van der Waals surface area contributed by atoms with Gasteiger partial charge in [-0.2, -0.15) is 0 Å². The molecule has 0 aromatic carbocycles. The molecule has 0 unspecified atom stereocenters. The van der Waals surface area contributed by atoms with Crippen molar-refractivity contribution in [2.45, 2.75) is 145 Å². The molecule has 0 bridgehead atoms. The minimum atomic E-state index is -1.28. The van der Waals surface area contributed by atoms with Crippen molar-refractivity contribution in [1.82, 2.24) is 0 Å². The van der Waals surface area contributed by atoms with Crippen LogP contribution in [0.3, 0.4) is 0 Å². The molecule has 12 heteroatoms. The zero-order valence-electron chi connectivity index (χ0n) is 31.7. The molecular formula is C38H58O12. The number of carbonyl (C=O) groups excluding carboxylic acids is 5. The van der Waals surface area contributed by atoms with Gasteiger partial charge in [-0.15, -0.1) is 0 Å². The average Bonchev–Trinajstić information content (AvgIpc) is 2.99. The number of ether oxygens (including phenoxy) is 7. The maximum Gasteiger partial charge on any atom is 0.333 e. The molecule has 12 nitrogen and oxygen atoms in total. The van der Waals surface area contributed by atoms with Crippen LogP contribution in [0.5, 0.6) is 0 Å². The molecule has 1 saturated heterocycles. The summed E-state index contributed by atoms with van der Waals surface area (Å²) >= 11 is 0. The highest BCUT2D eigenvalue weighted by Gasteiger charge is 2.61. The van der Waals surface area contributed by atoms with Crippen LogP contribution in [-0.2, 0) is 57.1 Å². The summed E-state index contributed by atoms with van der Waals surface area (Å²) in [5, 5.41) is 0. The van der Waals surface area contributed by atoms with Crippen LogP contribution in [0.2, 0.25) is 0 Å². The first-order valence-electron chi connectivity index (χ1n) is 17.7. The van der Waals surface area contributed by atoms with Gasteiger partial charge in [-0.3, -0.25) is 19.2 Å². The summed E-state index contributed by atoms with van der Waals surface area (Å²) in [5.74, 6) is -2.09. The molecule has 0 N–H and O–H groups in total. The van der Waals surface area contributed by atoms with Gasteiger partial charge in [0.15, 0.2) is 24.6 Å². The lowest BCUT2D eigenvalue weighted by Crippen LogP contribution is -2.64. The zero-order valence-corrected chi connectivity index (χ0v) is 31.7. The number of hydrogen-bond acceptors (Lipinski definition) is 12. The van der Waals surface area contributed by atoms with Crippen LogP contribution < -0.4 is 0 Å². The van der Waals surface area contributed by atoms with E-state index in [1.54, 1.807) is 19.9 Å². The van der Waals surface area contributed by atoms with E-state index in [0.29, 0.717) is 24.5 Å². The summed E-state index contributed by atoms with van der Waals surface area (Å²) < 4.78 is 41.0. The molecule has 10 atom stereocenters. The second-order valence-electron chi connectivity index (χ2n) is 15.1. The molecule has 1 heterocycles. The Morgan fingerprint density at radius 2 is 1.50 bits per heavy atom. The van der Waals surface area contributed by atoms with Crippen molar-refractivity contribution in [3.63, 3.8) is 0 Å². The first-order chi connectivity index (χ1) is 23.3. The van der Waals surface area contributed by atoms with Gasteiger partial charge in [0, 0.05) is 38.7 Å². The minimum Gasteiger partial charge on any atom is -0.466 e. The predicted molar refractivity (Wildman–Crippen MR) is 182 cm³/mol. The molecule has 2 aliphatic carbocycles. The minimum absolute atomic E-state index is 0.113. The van der Waals surface area contributed by atoms with Crippen molar-refractivity contribution in [2.24, 2.45) is 28.6 Å². The van der Waals surface area contributed by atoms with Crippen LogP contribution in [0.15, 0.2) is 23.3 Å². The lowest BCUT2D eigenvalue weighted by atomic mass is 9.46. The van der Waals surface area contributed by atoms with Crippen molar-refractivity contribution in [3.05, 3.63) is 23.3 Å². The molecule has 1 aliphatic heterocycles. The van der Waals surface area contributed by atoms with Gasteiger partial charge < -0.3 is 33.2 Å². The normalized spacial score (nSPS) is 32.8. The molecule has 0 radical (unpaired) electrons. The Morgan fingerprint density at radius 3 is 2.08 bits per heavy atom. The molecule has 0 aromatic rings. The summed E-state index contributed by atoms with van der Waals surface area (Å²) in [7, 11) is 0. The second kappa shape index (κ2) is 17.3. The zero-order chi connectivity index (χ0) is 37.6. The van der Waals surface area contributed by atoms with Crippen molar-refractivity contribution in [1.29, 1.82) is 0 Å². The van der Waals surface area contributed by atoms with E-state index in [4.69, 9.17) is 33.2 Å². The van der Waals surface area contributed by atoms with E-state index in [1.165, 1.54) is 33.3 Å². The molecule has 50 heavy (non-hydrogen) atoms. The van der Waals surface area contributed by atoms with Crippen LogP contribution in [0.1, 0.15) is 108 Å². The molecule has 1 saturated carbocycles. The van der Waals surface area contributed by atoms with Crippen LogP contribution >= 0.6 is 0 Å². The smallest absolute Gasteiger partial charge is 0.333 e. The average molecular weight is 707 g/mol. The maximum atomic E-state index is 13.4. The Kier molecular flexibility index (Phi) is 14.3. The fourth-order valence-electron chi connectivity index (χ4n) is 8.36. The van der Waals surface area contributed by atoms with Gasteiger partial charge in [-0.25, -0.2) is 4.79 Å². The standard InChI is InChI=1S/C38H58O12/c1-12-22(3)35(43)50-34-29(49-36-33(48-27(8)42)32(47-26(7)41)30(20-45-36)46-25(6)40)19-38(11)28(15-13-21(2)17-18-44-24(5)39)23(4)14-16-31(38)37(34,9)10/h12,14,21,28-34,36H,13,15-20H2,1-11H3/b22-12-/t21-,28+,29-,30+,31+,32-,33+,34+,36-,38-/m0/s1. The van der Waals surface area contributed by atoms with E-state index in [0.717, 1.165) is 25.7 Å². The molecule has 282 valence electrons. The van der Waals surface area contributed by atoms with Gasteiger partial charge in [-0.05, 0) is 76.0 Å². The fraction of sp³-hybridized carbons (Fsp3) is 0.763. The first kappa shape index (κ1) is 41.2. The Hall–Kier alpha value is -3.25. The topological polar surface area (TPSA) is 150 Å². The van der Waals surface area contributed by atoms with E-state index in [1.807, 2.05) is 0 Å². The molecule has 0 spiro atoms. The van der Waals surface area contributed by atoms with Gasteiger partial charge >= 0.3 is 29.8 Å². The lowest BCUT2D eigenvalue weighted by Gasteiger charge is -2.61. The first-order valence-corrected chi connectivity index (χ1v) is 17.7. The van der Waals surface area contributed by atoms with Crippen molar-refractivity contribution >= 4 is 29.8 Å². The molecule has 0 amide bonds. The summed E-state index contributed by atoms with van der Waals surface area (Å²) in [6.07, 6.45) is 1.67. The van der Waals surface area contributed by atoms with E-state index in [-0.39, 0.29) is 29.8 Å². The summed E-state index contributed by atoms with van der Waals surface area (Å²) in [6.45, 7) is 19.5. The Labute approximate surface area is 296 Å². The summed E-state index contributed by atoms with van der Waals surface area (Å²) in [5.41, 5.74) is 0.858. The van der Waals surface area contributed by atoms with Gasteiger partial charge in [0.05, 0.1) is 19.3 Å². The third-order valence-electron chi connectivity index (χ3n) is 10.9. The molecule has 3 aliphatic rings. The maximum absolute atomic E-state index is 13.4. The highest BCUT2D eigenvalue weighted by atomic mass is 16.7. The fourth-order valence-corrected chi connectivity index (χ4v) is 8.36. The van der Waals surface area contributed by atoms with E-state index in [2.05, 4.69) is 40.7 Å². The van der Waals surface area contributed by atoms with Gasteiger partial charge in [0.1, 0.15) is 6.10 Å². The number of fused-ring (bicyclic) bond motifs is 1. The molecule has 3 rings (SSSR count). The number of allylic oxidation sites excluding steroid dienone is 3. The second-order valence-corrected chi connectivity index (χ2v) is 15.1. The molecular weight excluding hydrogens is 648 g/mol. The molecule has 2 fully saturated rings. The van der Waals surface area contributed by atoms with E-state index >= 15 is 0 Å². The predicted octanol–water partition coefficient (Wildman–Crippen LogP) is 5.79. The number of esters is 5. The Balaban J connectivity index is 2.03. The van der Waals surface area contributed by atoms with Gasteiger partial charge in [0.2, 0.25) is 0 Å². The van der Waals surface area contributed by atoms with Crippen LogP contribution in [0.25, 0.3) is 0 Å². The van der Waals surface area contributed by atoms with Crippen molar-refractivity contribution in [3.8, 4) is 0 Å². The third-order valence-corrected chi connectivity index (χ3v) is 10.9. The van der Waals surface area contributed by atoms with Gasteiger partial charge in [-0.1, -0.05) is 45.4 Å². The van der Waals surface area contributed by atoms with Crippen LogP contribution in [0, 0.1) is 28.6 Å². The third kappa shape index (κ3) is 9.96. The molecule has 0 aromatic heterocycles. The van der Waals surface area contributed by atoms with Crippen LogP contribution in [0.4, 0.5) is 0 Å². The lowest BCUT2D eigenvalue weighted by molar-refractivity contribution is -0.314. The quantitative estimate of drug-likeness (QED) is 0.0988. The SMILES string of the molecule is C/C=C(/C)C(=O)O[C@@H]1[C@@H](O[C@@H]2OC[C@@H](OC(C)=O)[C@H](OC(C)=O)[C@H]2OC(C)=O)C[C@@]2(C)[C@H](CC[C@H](C)CCOC(C)=O)C(C)=CC[C@@H]2C1(C)C. The highest BCUT2D eigenvalue weighted by molar-refractivity contribution is 5.87.